The Balaban J connectivity index is 1.23. The molecule has 32 heavy (non-hydrogen) atoms. The number of aromatic nitrogens is 6. The van der Waals surface area contributed by atoms with Crippen LogP contribution in [0, 0.1) is 0 Å². The number of anilines is 1. The number of rotatable bonds is 9. The molecule has 7 nitrogen and oxygen atoms in total. The van der Waals surface area contributed by atoms with Crippen LogP contribution in [0.3, 0.4) is 0 Å². The maximum Gasteiger partial charge on any atom is 0.235 e. The number of hydrogen-bond donors (Lipinski definition) is 1. The van der Waals surface area contributed by atoms with Crippen LogP contribution in [0.2, 0.25) is 0 Å². The Labute approximate surface area is 184 Å². The van der Waals surface area contributed by atoms with Gasteiger partial charge in [-0.15, -0.1) is 5.10 Å². The Kier molecular flexibility index (Phi) is 5.74. The van der Waals surface area contributed by atoms with Crippen LogP contribution in [0.5, 0.6) is 0 Å². The van der Waals surface area contributed by atoms with Crippen molar-refractivity contribution in [1.29, 1.82) is 0 Å². The molecule has 5 rings (SSSR count). The SMILES string of the molecule is FCCCc1cn(CCCNc2ccc(-c3ccnc4nc5ccccc5n34)cc2)nn1. The highest BCUT2D eigenvalue weighted by atomic mass is 19.1. The maximum atomic E-state index is 12.3. The van der Waals surface area contributed by atoms with Crippen molar-refractivity contribution >= 4 is 22.5 Å². The lowest BCUT2D eigenvalue weighted by molar-refractivity contribution is 0.471. The number of fused-ring (bicyclic) bond motifs is 3. The largest absolute Gasteiger partial charge is 0.385 e. The van der Waals surface area contributed by atoms with E-state index in [1.807, 2.05) is 35.1 Å². The van der Waals surface area contributed by atoms with Gasteiger partial charge in [-0.3, -0.25) is 13.5 Å². The summed E-state index contributed by atoms with van der Waals surface area (Å²) in [6.07, 6.45) is 5.76. The van der Waals surface area contributed by atoms with Gasteiger partial charge in [0.25, 0.3) is 0 Å². The molecule has 0 aliphatic carbocycles. The molecule has 3 heterocycles. The summed E-state index contributed by atoms with van der Waals surface area (Å²) in [6.45, 7) is 1.28. The lowest BCUT2D eigenvalue weighted by atomic mass is 10.1. The zero-order valence-corrected chi connectivity index (χ0v) is 17.7. The molecule has 0 radical (unpaired) electrons. The molecule has 5 aromatic rings. The van der Waals surface area contributed by atoms with Crippen LogP contribution in [-0.2, 0) is 13.0 Å². The second kappa shape index (κ2) is 9.13. The maximum absolute atomic E-state index is 12.3. The van der Waals surface area contributed by atoms with E-state index in [2.05, 4.69) is 60.3 Å². The minimum atomic E-state index is -0.319. The van der Waals surface area contributed by atoms with Crippen LogP contribution in [-0.4, -0.2) is 42.6 Å². The third kappa shape index (κ3) is 4.16. The van der Waals surface area contributed by atoms with Crippen LogP contribution in [0.25, 0.3) is 28.1 Å². The van der Waals surface area contributed by atoms with Crippen molar-refractivity contribution in [3.63, 3.8) is 0 Å². The molecule has 3 aromatic heterocycles. The topological polar surface area (TPSA) is 72.9 Å². The third-order valence-electron chi connectivity index (χ3n) is 5.43. The molecule has 8 heteroatoms. The van der Waals surface area contributed by atoms with Gasteiger partial charge < -0.3 is 5.32 Å². The average Bonchev–Trinajstić information content (AvgIpc) is 3.45. The van der Waals surface area contributed by atoms with Gasteiger partial charge >= 0.3 is 0 Å². The monoisotopic (exact) mass is 429 g/mol. The molecule has 0 aliphatic heterocycles. The van der Waals surface area contributed by atoms with Gasteiger partial charge in [0.2, 0.25) is 5.78 Å². The van der Waals surface area contributed by atoms with Crippen molar-refractivity contribution in [1.82, 2.24) is 29.4 Å². The van der Waals surface area contributed by atoms with Crippen molar-refractivity contribution in [3.8, 4) is 11.3 Å². The number of halogens is 1. The highest BCUT2D eigenvalue weighted by Crippen LogP contribution is 2.25. The molecular formula is C24H24FN7. The van der Waals surface area contributed by atoms with Gasteiger partial charge in [-0.2, -0.15) is 0 Å². The first-order valence-corrected chi connectivity index (χ1v) is 10.8. The molecule has 0 saturated heterocycles. The number of aryl methyl sites for hydroxylation is 2. The van der Waals surface area contributed by atoms with Gasteiger partial charge in [0.15, 0.2) is 0 Å². The predicted molar refractivity (Wildman–Crippen MR) is 123 cm³/mol. The molecule has 0 spiro atoms. The van der Waals surface area contributed by atoms with E-state index in [0.29, 0.717) is 18.6 Å². The van der Waals surface area contributed by atoms with Gasteiger partial charge in [-0.1, -0.05) is 29.5 Å². The number of para-hydroxylation sites is 2. The second-order valence-electron chi connectivity index (χ2n) is 7.69. The fourth-order valence-electron chi connectivity index (χ4n) is 3.85. The number of imidazole rings is 1. The summed E-state index contributed by atoms with van der Waals surface area (Å²) in [7, 11) is 0. The molecular weight excluding hydrogens is 405 g/mol. The van der Waals surface area contributed by atoms with E-state index < -0.39 is 0 Å². The zero-order valence-electron chi connectivity index (χ0n) is 17.7. The van der Waals surface area contributed by atoms with Crippen LogP contribution >= 0.6 is 0 Å². The fraction of sp³-hybridized carbons (Fsp3) is 0.250. The van der Waals surface area contributed by atoms with Crippen molar-refractivity contribution in [2.75, 3.05) is 18.5 Å². The van der Waals surface area contributed by atoms with E-state index in [0.717, 1.165) is 53.2 Å². The average molecular weight is 430 g/mol. The Morgan fingerprint density at radius 1 is 0.969 bits per heavy atom. The highest BCUT2D eigenvalue weighted by Gasteiger charge is 2.10. The van der Waals surface area contributed by atoms with E-state index >= 15 is 0 Å². The van der Waals surface area contributed by atoms with Crippen LogP contribution < -0.4 is 5.32 Å². The smallest absolute Gasteiger partial charge is 0.235 e. The van der Waals surface area contributed by atoms with Gasteiger partial charge in [-0.05, 0) is 55.2 Å². The van der Waals surface area contributed by atoms with E-state index in [1.54, 1.807) is 6.20 Å². The van der Waals surface area contributed by atoms with Crippen molar-refractivity contribution < 1.29 is 4.39 Å². The third-order valence-corrected chi connectivity index (χ3v) is 5.43. The number of nitrogens with one attached hydrogen (secondary N) is 1. The molecule has 0 atom stereocenters. The molecule has 0 amide bonds. The number of hydrogen-bond acceptors (Lipinski definition) is 5. The summed E-state index contributed by atoms with van der Waals surface area (Å²) < 4.78 is 16.2. The molecule has 0 aliphatic rings. The quantitative estimate of drug-likeness (QED) is 0.348. The normalized spacial score (nSPS) is 11.4. The first kappa shape index (κ1) is 20.1. The second-order valence-corrected chi connectivity index (χ2v) is 7.69. The van der Waals surface area contributed by atoms with Gasteiger partial charge in [-0.25, -0.2) is 9.97 Å². The summed E-state index contributed by atoms with van der Waals surface area (Å²) in [5, 5.41) is 11.6. The van der Waals surface area contributed by atoms with Crippen molar-refractivity contribution in [2.45, 2.75) is 25.8 Å². The van der Waals surface area contributed by atoms with Crippen molar-refractivity contribution in [3.05, 3.63) is 72.7 Å². The number of nitrogens with zero attached hydrogens (tertiary/aromatic N) is 6. The van der Waals surface area contributed by atoms with Crippen LogP contribution in [0.4, 0.5) is 10.1 Å². The Bertz CT molecular complexity index is 1320. The van der Waals surface area contributed by atoms with Crippen LogP contribution in [0.1, 0.15) is 18.5 Å². The lowest BCUT2D eigenvalue weighted by Gasteiger charge is -2.09. The van der Waals surface area contributed by atoms with E-state index in [-0.39, 0.29) is 6.67 Å². The lowest BCUT2D eigenvalue weighted by Crippen LogP contribution is -2.07. The number of benzene rings is 2. The standard InChI is InChI=1S/C24H24FN7/c25-13-3-5-20-17-31(30-29-20)16-4-14-26-19-10-8-18(9-11-19)22-12-15-27-24-28-21-6-1-2-7-23(21)32(22)24/h1-2,6-12,15,17,26H,3-5,13-14,16H2. The van der Waals surface area contributed by atoms with Crippen LogP contribution in [0.15, 0.2) is 67.0 Å². The fourth-order valence-corrected chi connectivity index (χ4v) is 3.85. The molecule has 0 saturated carbocycles. The Hall–Kier alpha value is -3.81. The van der Waals surface area contributed by atoms with Gasteiger partial charge in [0.1, 0.15) is 0 Å². The molecule has 2 aromatic carbocycles. The first-order valence-electron chi connectivity index (χ1n) is 10.8. The first-order chi connectivity index (χ1) is 15.8. The van der Waals surface area contributed by atoms with Crippen molar-refractivity contribution in [2.24, 2.45) is 0 Å². The zero-order chi connectivity index (χ0) is 21.8. The predicted octanol–water partition coefficient (Wildman–Crippen LogP) is 4.55. The molecule has 1 N–H and O–H groups in total. The summed E-state index contributed by atoms with van der Waals surface area (Å²) in [6, 6.07) is 18.5. The molecule has 162 valence electrons. The van der Waals surface area contributed by atoms with E-state index in [1.165, 1.54) is 0 Å². The summed E-state index contributed by atoms with van der Waals surface area (Å²) in [5.74, 6) is 0.701. The Morgan fingerprint density at radius 3 is 2.72 bits per heavy atom. The van der Waals surface area contributed by atoms with E-state index in [4.69, 9.17) is 0 Å². The minimum Gasteiger partial charge on any atom is -0.385 e. The highest BCUT2D eigenvalue weighted by molar-refractivity contribution is 5.82. The summed E-state index contributed by atoms with van der Waals surface area (Å²) in [5.41, 5.74) is 6.07. The summed E-state index contributed by atoms with van der Waals surface area (Å²) >= 11 is 0. The van der Waals surface area contributed by atoms with Gasteiger partial charge in [0.05, 0.1) is 29.1 Å². The minimum absolute atomic E-state index is 0.319. The molecule has 0 bridgehead atoms. The molecule has 0 unspecified atom stereocenters. The molecule has 0 fully saturated rings. The van der Waals surface area contributed by atoms with Gasteiger partial charge in [0, 0.05) is 31.2 Å². The number of alkyl halides is 1. The van der Waals surface area contributed by atoms with E-state index in [9.17, 15) is 4.39 Å². The Morgan fingerprint density at radius 2 is 1.84 bits per heavy atom. The summed E-state index contributed by atoms with van der Waals surface area (Å²) in [4.78, 5) is 9.05.